The Bertz CT molecular complexity index is 818. The minimum absolute atomic E-state index is 0.0246. The summed E-state index contributed by atoms with van der Waals surface area (Å²) in [6.45, 7) is 2.04. The summed E-state index contributed by atoms with van der Waals surface area (Å²) in [6, 6.07) is 0. The summed E-state index contributed by atoms with van der Waals surface area (Å²) in [4.78, 5) is 21.3. The number of aromatic nitrogens is 2. The fourth-order valence-electron chi connectivity index (χ4n) is 3.63. The van der Waals surface area contributed by atoms with E-state index >= 15 is 0 Å². The van der Waals surface area contributed by atoms with E-state index in [4.69, 9.17) is 10.7 Å². The third-order valence-electron chi connectivity index (χ3n) is 4.69. The smallest absolute Gasteiger partial charge is 0.225 e. The number of nitrogens with two attached hydrogens (primary N) is 1. The molecule has 3 heterocycles. The van der Waals surface area contributed by atoms with Crippen molar-refractivity contribution in [1.29, 1.82) is 0 Å². The second kappa shape index (κ2) is 4.91. The van der Waals surface area contributed by atoms with Crippen molar-refractivity contribution in [2.24, 2.45) is 0 Å². The number of fused-ring (bicyclic) bond motifs is 4. The molecular weight excluding hydrogens is 344 g/mol. The molecule has 2 aliphatic rings. The number of rotatable bonds is 0. The van der Waals surface area contributed by atoms with E-state index in [2.05, 4.69) is 26.2 Å². The van der Waals surface area contributed by atoms with Gasteiger partial charge >= 0.3 is 0 Å². The summed E-state index contributed by atoms with van der Waals surface area (Å²) in [5.74, 6) is 0.141. The van der Waals surface area contributed by atoms with Gasteiger partial charge in [-0.3, -0.25) is 4.79 Å². The number of hydrogen-bond donors (Lipinski definition) is 2. The molecular formula is C16H17BrN4O. The standard InChI is InChI=1S/C16H17BrN4O/c1-7-6-10(22)20-14-11(7)15(17)21-16-12(14)13(18)8-4-2-3-5-9(8)19-16/h7H,2-6H2,1H3,(H,20,22)(H2,18,19,21). The Morgan fingerprint density at radius 1 is 1.27 bits per heavy atom. The number of halogens is 1. The van der Waals surface area contributed by atoms with E-state index < -0.39 is 0 Å². The summed E-state index contributed by atoms with van der Waals surface area (Å²) >= 11 is 3.54. The van der Waals surface area contributed by atoms with Crippen molar-refractivity contribution in [1.82, 2.24) is 9.97 Å². The van der Waals surface area contributed by atoms with Crippen molar-refractivity contribution >= 4 is 44.2 Å². The van der Waals surface area contributed by atoms with Crippen molar-refractivity contribution in [2.75, 3.05) is 11.1 Å². The fourth-order valence-corrected chi connectivity index (χ4v) is 4.38. The van der Waals surface area contributed by atoms with Crippen LogP contribution in [0.2, 0.25) is 0 Å². The van der Waals surface area contributed by atoms with E-state index in [0.717, 1.165) is 63.9 Å². The molecule has 0 radical (unpaired) electrons. The van der Waals surface area contributed by atoms with E-state index in [1.54, 1.807) is 0 Å². The molecule has 22 heavy (non-hydrogen) atoms. The van der Waals surface area contributed by atoms with Gasteiger partial charge in [0.15, 0.2) is 5.65 Å². The molecule has 2 aromatic rings. The third-order valence-corrected chi connectivity index (χ3v) is 5.30. The van der Waals surface area contributed by atoms with Crippen LogP contribution in [-0.2, 0) is 17.6 Å². The number of carbonyl (C=O) groups excluding carboxylic acids is 1. The Labute approximate surface area is 136 Å². The summed E-state index contributed by atoms with van der Waals surface area (Å²) < 4.78 is 0.755. The fraction of sp³-hybridized carbons (Fsp3) is 0.438. The van der Waals surface area contributed by atoms with E-state index in [1.165, 1.54) is 0 Å². The zero-order chi connectivity index (χ0) is 15.4. The molecule has 5 nitrogen and oxygen atoms in total. The molecule has 1 aliphatic heterocycles. The number of nitrogen functional groups attached to an aromatic ring is 1. The van der Waals surface area contributed by atoms with Crippen LogP contribution in [0.4, 0.5) is 11.4 Å². The number of hydrogen-bond acceptors (Lipinski definition) is 4. The van der Waals surface area contributed by atoms with Crippen LogP contribution in [0.1, 0.15) is 48.9 Å². The SMILES string of the molecule is CC1CC(=O)Nc2c1c(Br)nc1nc3c(c(N)c21)CCCC3. The molecule has 0 aromatic carbocycles. The largest absolute Gasteiger partial charge is 0.398 e. The number of pyridine rings is 2. The molecule has 2 aromatic heterocycles. The van der Waals surface area contributed by atoms with Crippen LogP contribution in [-0.4, -0.2) is 15.9 Å². The van der Waals surface area contributed by atoms with Crippen LogP contribution < -0.4 is 11.1 Å². The van der Waals surface area contributed by atoms with Gasteiger partial charge in [0.25, 0.3) is 0 Å². The monoisotopic (exact) mass is 360 g/mol. The normalized spacial score (nSPS) is 20.5. The van der Waals surface area contributed by atoms with Gasteiger partial charge in [0, 0.05) is 23.4 Å². The molecule has 4 rings (SSSR count). The molecule has 0 bridgehead atoms. The van der Waals surface area contributed by atoms with E-state index in [9.17, 15) is 4.79 Å². The predicted molar refractivity (Wildman–Crippen MR) is 90.0 cm³/mol. The molecule has 1 amide bonds. The Hall–Kier alpha value is -1.69. The number of anilines is 2. The van der Waals surface area contributed by atoms with Crippen molar-refractivity contribution in [3.8, 4) is 0 Å². The molecule has 0 fully saturated rings. The molecule has 1 aliphatic carbocycles. The second-order valence-electron chi connectivity index (χ2n) is 6.20. The Morgan fingerprint density at radius 2 is 2.05 bits per heavy atom. The van der Waals surface area contributed by atoms with Gasteiger partial charge in [-0.2, -0.15) is 0 Å². The Kier molecular flexibility index (Phi) is 3.11. The van der Waals surface area contributed by atoms with Crippen molar-refractivity contribution in [3.05, 3.63) is 21.4 Å². The maximum absolute atomic E-state index is 12.0. The van der Waals surface area contributed by atoms with Crippen molar-refractivity contribution in [2.45, 2.75) is 44.9 Å². The first-order valence-electron chi connectivity index (χ1n) is 7.66. The molecule has 3 N–H and O–H groups in total. The van der Waals surface area contributed by atoms with Gasteiger partial charge in [-0.25, -0.2) is 9.97 Å². The summed E-state index contributed by atoms with van der Waals surface area (Å²) in [7, 11) is 0. The summed E-state index contributed by atoms with van der Waals surface area (Å²) in [6.07, 6.45) is 4.66. The maximum atomic E-state index is 12.0. The quantitative estimate of drug-likeness (QED) is 0.706. The van der Waals surface area contributed by atoms with Gasteiger partial charge in [-0.05, 0) is 53.1 Å². The van der Waals surface area contributed by atoms with E-state index in [1.807, 2.05) is 6.92 Å². The lowest BCUT2D eigenvalue weighted by Gasteiger charge is -2.27. The zero-order valence-electron chi connectivity index (χ0n) is 12.4. The van der Waals surface area contributed by atoms with E-state index in [0.29, 0.717) is 12.1 Å². The highest BCUT2D eigenvalue weighted by atomic mass is 79.9. The first kappa shape index (κ1) is 13.9. The van der Waals surface area contributed by atoms with Crippen molar-refractivity contribution in [3.63, 3.8) is 0 Å². The number of nitrogens with one attached hydrogen (secondary N) is 1. The third kappa shape index (κ3) is 1.93. The first-order chi connectivity index (χ1) is 10.6. The number of aryl methyl sites for hydroxylation is 1. The summed E-state index contributed by atoms with van der Waals surface area (Å²) in [5.41, 5.74) is 11.8. The van der Waals surface area contributed by atoms with Crippen LogP contribution in [0.5, 0.6) is 0 Å². The highest BCUT2D eigenvalue weighted by Gasteiger charge is 2.29. The van der Waals surface area contributed by atoms with Gasteiger partial charge < -0.3 is 11.1 Å². The Morgan fingerprint density at radius 3 is 2.86 bits per heavy atom. The van der Waals surface area contributed by atoms with Crippen LogP contribution in [0.3, 0.4) is 0 Å². The van der Waals surface area contributed by atoms with Crippen LogP contribution in [0.25, 0.3) is 11.0 Å². The van der Waals surface area contributed by atoms with Gasteiger partial charge in [-0.1, -0.05) is 6.92 Å². The lowest BCUT2D eigenvalue weighted by Crippen LogP contribution is -2.23. The highest BCUT2D eigenvalue weighted by Crippen LogP contribution is 2.43. The number of carbonyl (C=O) groups is 1. The average molecular weight is 361 g/mol. The molecule has 1 atom stereocenters. The van der Waals surface area contributed by atoms with Crippen LogP contribution in [0.15, 0.2) is 4.60 Å². The maximum Gasteiger partial charge on any atom is 0.225 e. The highest BCUT2D eigenvalue weighted by molar-refractivity contribution is 9.10. The van der Waals surface area contributed by atoms with Gasteiger partial charge in [0.05, 0.1) is 11.1 Å². The molecule has 1 unspecified atom stereocenters. The zero-order valence-corrected chi connectivity index (χ0v) is 14.0. The van der Waals surface area contributed by atoms with Crippen LogP contribution in [0, 0.1) is 0 Å². The van der Waals surface area contributed by atoms with Gasteiger partial charge in [-0.15, -0.1) is 0 Å². The van der Waals surface area contributed by atoms with Crippen molar-refractivity contribution < 1.29 is 4.79 Å². The minimum Gasteiger partial charge on any atom is -0.398 e. The van der Waals surface area contributed by atoms with E-state index in [-0.39, 0.29) is 11.8 Å². The lowest BCUT2D eigenvalue weighted by atomic mass is 9.89. The molecule has 0 saturated heterocycles. The van der Waals surface area contributed by atoms with Crippen LogP contribution >= 0.6 is 15.9 Å². The summed E-state index contributed by atoms with van der Waals surface area (Å²) in [5, 5.41) is 3.80. The number of nitrogens with zero attached hydrogens (tertiary/aromatic N) is 2. The topological polar surface area (TPSA) is 80.9 Å². The molecule has 0 saturated carbocycles. The number of amides is 1. The molecule has 0 spiro atoms. The predicted octanol–water partition coefficient (Wildman–Crippen LogP) is 3.30. The molecule has 114 valence electrons. The Balaban J connectivity index is 2.10. The first-order valence-corrected chi connectivity index (χ1v) is 8.45. The van der Waals surface area contributed by atoms with Gasteiger partial charge in [0.2, 0.25) is 5.91 Å². The second-order valence-corrected chi connectivity index (χ2v) is 6.95. The lowest BCUT2D eigenvalue weighted by molar-refractivity contribution is -0.116. The minimum atomic E-state index is 0.0246. The van der Waals surface area contributed by atoms with Gasteiger partial charge in [0.1, 0.15) is 4.60 Å². The average Bonchev–Trinajstić information content (AvgIpc) is 2.46. The molecule has 6 heteroatoms.